The second-order valence-electron chi connectivity index (χ2n) is 9.81. The number of hydrogen-bond donors (Lipinski definition) is 0. The highest BCUT2D eigenvalue weighted by Crippen LogP contribution is 2.46. The van der Waals surface area contributed by atoms with Crippen LogP contribution in [0.1, 0.15) is 40.9 Å². The Morgan fingerprint density at radius 1 is 0.810 bits per heavy atom. The van der Waals surface area contributed by atoms with Crippen molar-refractivity contribution in [1.82, 2.24) is 0 Å². The monoisotopic (exact) mass is 567 g/mol. The van der Waals surface area contributed by atoms with Crippen LogP contribution < -0.4 is 9.64 Å². The minimum Gasteiger partial charge on any atom is -0.461 e. The van der Waals surface area contributed by atoms with Crippen LogP contribution in [0.4, 0.5) is 14.5 Å². The van der Waals surface area contributed by atoms with Crippen molar-refractivity contribution in [2.24, 2.45) is 5.92 Å². The van der Waals surface area contributed by atoms with E-state index in [0.717, 1.165) is 5.56 Å². The third-order valence-corrected chi connectivity index (χ3v) is 7.02. The molecule has 4 aromatic rings. The molecule has 1 aliphatic rings. The van der Waals surface area contributed by atoms with Crippen LogP contribution in [0.2, 0.25) is 0 Å². The number of allylic oxidation sites excluding steroid dienone is 1. The van der Waals surface area contributed by atoms with Crippen molar-refractivity contribution in [2.45, 2.75) is 19.4 Å². The largest absolute Gasteiger partial charge is 0.461 e. The molecule has 0 aromatic heterocycles. The average Bonchev–Trinajstić information content (AvgIpc) is 3.00. The fourth-order valence-electron chi connectivity index (χ4n) is 4.90. The second kappa shape index (κ2) is 12.6. The van der Waals surface area contributed by atoms with Gasteiger partial charge in [0.2, 0.25) is 5.91 Å². The van der Waals surface area contributed by atoms with Crippen molar-refractivity contribution in [2.75, 3.05) is 11.5 Å². The topological polar surface area (TPSA) is 72.9 Å². The number of esters is 2. The lowest BCUT2D eigenvalue weighted by Gasteiger charge is -2.47. The fraction of sp³-hybridized carbons (Fsp3) is 0.147. The van der Waals surface area contributed by atoms with Gasteiger partial charge in [-0.1, -0.05) is 48.5 Å². The Hall–Kier alpha value is -5.11. The molecule has 2 atom stereocenters. The third kappa shape index (κ3) is 6.44. The van der Waals surface area contributed by atoms with Gasteiger partial charge in [0.05, 0.1) is 17.5 Å². The minimum absolute atomic E-state index is 0.0320. The molecule has 0 saturated carbocycles. The van der Waals surface area contributed by atoms with E-state index in [2.05, 4.69) is 0 Å². The molecule has 0 bridgehead atoms. The first-order valence-corrected chi connectivity index (χ1v) is 13.3. The van der Waals surface area contributed by atoms with Crippen molar-refractivity contribution in [3.63, 3.8) is 0 Å². The number of benzene rings is 4. The van der Waals surface area contributed by atoms with Crippen molar-refractivity contribution in [3.05, 3.63) is 138 Å². The van der Waals surface area contributed by atoms with E-state index >= 15 is 0 Å². The van der Waals surface area contributed by atoms with E-state index in [1.54, 1.807) is 77.7 Å². The molecule has 5 rings (SSSR count). The van der Waals surface area contributed by atoms with Gasteiger partial charge in [-0.05, 0) is 83.8 Å². The number of carbonyl (C=O) groups excluding carboxylic acids is 3. The first kappa shape index (κ1) is 28.4. The maximum absolute atomic E-state index is 13.7. The van der Waals surface area contributed by atoms with Gasteiger partial charge in [0, 0.05) is 12.6 Å². The van der Waals surface area contributed by atoms with Crippen molar-refractivity contribution in [1.29, 1.82) is 0 Å². The maximum atomic E-state index is 13.7. The number of carbonyl (C=O) groups is 3. The average molecular weight is 568 g/mol. The molecule has 0 spiro atoms. The predicted octanol–water partition coefficient (Wildman–Crippen LogP) is 6.92. The Bertz CT molecular complexity index is 1600. The summed E-state index contributed by atoms with van der Waals surface area (Å²) in [5.41, 5.74) is 3.07. The zero-order chi connectivity index (χ0) is 29.6. The summed E-state index contributed by atoms with van der Waals surface area (Å²) in [6.45, 7) is 1.27. The summed E-state index contributed by atoms with van der Waals surface area (Å²) in [7, 11) is 0. The molecule has 0 radical (unpaired) electrons. The zero-order valence-electron chi connectivity index (χ0n) is 22.7. The smallest absolute Gasteiger partial charge is 0.343 e. The van der Waals surface area contributed by atoms with E-state index in [-0.39, 0.29) is 12.5 Å². The van der Waals surface area contributed by atoms with Gasteiger partial charge in [-0.15, -0.1) is 0 Å². The molecule has 1 fully saturated rings. The first-order chi connectivity index (χ1) is 20.3. The molecule has 4 aromatic carbocycles. The highest BCUT2D eigenvalue weighted by atomic mass is 19.1. The summed E-state index contributed by atoms with van der Waals surface area (Å²) in [6.07, 6.45) is 2.13. The summed E-state index contributed by atoms with van der Waals surface area (Å²) < 4.78 is 37.9. The Morgan fingerprint density at radius 3 is 2.05 bits per heavy atom. The van der Waals surface area contributed by atoms with Crippen LogP contribution in [-0.4, -0.2) is 24.5 Å². The van der Waals surface area contributed by atoms with Gasteiger partial charge in [-0.25, -0.2) is 13.6 Å². The lowest BCUT2D eigenvalue weighted by atomic mass is 9.79. The molecule has 0 N–H and O–H groups in total. The molecule has 0 unspecified atom stereocenters. The third-order valence-electron chi connectivity index (χ3n) is 7.02. The van der Waals surface area contributed by atoms with Gasteiger partial charge in [-0.3, -0.25) is 9.59 Å². The number of nitrogens with zero attached hydrogens (tertiary/aromatic N) is 1. The van der Waals surface area contributed by atoms with E-state index in [4.69, 9.17) is 9.47 Å². The molecule has 1 amide bonds. The number of rotatable bonds is 9. The summed E-state index contributed by atoms with van der Waals surface area (Å²) in [6, 6.07) is 26.6. The van der Waals surface area contributed by atoms with Gasteiger partial charge in [0.15, 0.2) is 0 Å². The molecular weight excluding hydrogens is 540 g/mol. The standard InChI is InChI=1S/C34H27F2NO5/c1-22(38)41-21-26(23-7-12-27(35)13-8-23)11-20-31-32(37(33(31)39)29-16-14-28(36)15-17-29)24-9-18-30(19-10-24)42-34(40)25-5-3-2-4-6-25/h2-19,31-32H,20-21H2,1H3/t31-,32-/m1/s1. The Balaban J connectivity index is 1.41. The quantitative estimate of drug-likeness (QED) is 0.125. The van der Waals surface area contributed by atoms with E-state index in [0.29, 0.717) is 34.6 Å². The lowest BCUT2D eigenvalue weighted by molar-refractivity contribution is -0.139. The maximum Gasteiger partial charge on any atom is 0.343 e. The van der Waals surface area contributed by atoms with Crippen LogP contribution in [0.25, 0.3) is 5.57 Å². The van der Waals surface area contributed by atoms with Crippen LogP contribution in [-0.2, 0) is 14.3 Å². The Kier molecular flexibility index (Phi) is 8.52. The van der Waals surface area contributed by atoms with Crippen LogP contribution in [0.5, 0.6) is 5.75 Å². The SMILES string of the molecule is CC(=O)OCC(=CC[C@H]1C(=O)N(c2ccc(F)cc2)[C@@H]1c1ccc(OC(=O)c2ccccc2)cc1)c1ccc(F)cc1. The lowest BCUT2D eigenvalue weighted by Crippen LogP contribution is -2.55. The van der Waals surface area contributed by atoms with Gasteiger partial charge < -0.3 is 14.4 Å². The van der Waals surface area contributed by atoms with Crippen LogP contribution in [0, 0.1) is 17.6 Å². The number of anilines is 1. The number of halogens is 2. The second-order valence-corrected chi connectivity index (χ2v) is 9.81. The van der Waals surface area contributed by atoms with Crippen molar-refractivity contribution < 1.29 is 32.6 Å². The van der Waals surface area contributed by atoms with Gasteiger partial charge in [0.1, 0.15) is 24.0 Å². The normalized spacial score (nSPS) is 16.5. The van der Waals surface area contributed by atoms with Crippen molar-refractivity contribution in [3.8, 4) is 5.75 Å². The predicted molar refractivity (Wildman–Crippen MR) is 154 cm³/mol. The van der Waals surface area contributed by atoms with E-state index < -0.39 is 35.5 Å². The van der Waals surface area contributed by atoms with E-state index in [9.17, 15) is 23.2 Å². The van der Waals surface area contributed by atoms with Gasteiger partial charge in [0.25, 0.3) is 0 Å². The highest BCUT2D eigenvalue weighted by Gasteiger charge is 2.48. The van der Waals surface area contributed by atoms with Gasteiger partial charge >= 0.3 is 11.9 Å². The molecular formula is C34H27F2NO5. The van der Waals surface area contributed by atoms with E-state index in [1.807, 2.05) is 12.1 Å². The zero-order valence-corrected chi connectivity index (χ0v) is 22.7. The summed E-state index contributed by atoms with van der Waals surface area (Å²) in [5.74, 6) is -2.05. The van der Waals surface area contributed by atoms with Crippen LogP contribution in [0.3, 0.4) is 0 Å². The molecule has 0 aliphatic carbocycles. The van der Waals surface area contributed by atoms with Crippen LogP contribution >= 0.6 is 0 Å². The summed E-state index contributed by atoms with van der Waals surface area (Å²) >= 11 is 0. The minimum atomic E-state index is -0.487. The molecule has 1 aliphatic heterocycles. The van der Waals surface area contributed by atoms with Crippen LogP contribution in [0.15, 0.2) is 109 Å². The van der Waals surface area contributed by atoms with Gasteiger partial charge in [-0.2, -0.15) is 0 Å². The molecule has 1 saturated heterocycles. The number of hydrogen-bond acceptors (Lipinski definition) is 5. The summed E-state index contributed by atoms with van der Waals surface area (Å²) in [4.78, 5) is 39.0. The fourth-order valence-corrected chi connectivity index (χ4v) is 4.90. The number of amides is 1. The molecule has 42 heavy (non-hydrogen) atoms. The molecule has 6 nitrogen and oxygen atoms in total. The first-order valence-electron chi connectivity index (χ1n) is 13.3. The molecule has 212 valence electrons. The Morgan fingerprint density at radius 2 is 1.43 bits per heavy atom. The van der Waals surface area contributed by atoms with Crippen molar-refractivity contribution >= 4 is 29.1 Å². The number of ether oxygens (including phenoxy) is 2. The molecule has 8 heteroatoms. The van der Waals surface area contributed by atoms with E-state index in [1.165, 1.54) is 31.2 Å². The Labute approximate surface area is 241 Å². The summed E-state index contributed by atoms with van der Waals surface area (Å²) in [5, 5.41) is 0. The highest BCUT2D eigenvalue weighted by molar-refractivity contribution is 6.03. The number of β-lactam (4-membered cyclic amide) rings is 1. The molecule has 1 heterocycles.